The van der Waals surface area contributed by atoms with Crippen molar-refractivity contribution in [2.24, 2.45) is 0 Å². The number of halogens is 1. The van der Waals surface area contributed by atoms with E-state index >= 15 is 0 Å². The lowest BCUT2D eigenvalue weighted by Crippen LogP contribution is -2.56. The molecule has 2 rings (SSSR count). The van der Waals surface area contributed by atoms with E-state index in [9.17, 15) is 14.0 Å². The molecule has 2 fully saturated rings. The van der Waals surface area contributed by atoms with E-state index in [1.165, 1.54) is 4.90 Å². The second-order valence-corrected chi connectivity index (χ2v) is 4.93. The fourth-order valence-corrected chi connectivity index (χ4v) is 2.44. The molecular formula is C12H20FN3O3. The molecule has 2 atom stereocenters. The van der Waals surface area contributed by atoms with Crippen LogP contribution in [0.5, 0.6) is 0 Å². The normalized spacial score (nSPS) is 28.0. The third-order valence-electron chi connectivity index (χ3n) is 3.57. The quantitative estimate of drug-likeness (QED) is 0.714. The Bertz CT molecular complexity index is 353. The summed E-state index contributed by atoms with van der Waals surface area (Å²) in [6.45, 7) is 2.36. The summed E-state index contributed by atoms with van der Waals surface area (Å²) < 4.78 is 18.0. The molecule has 2 amide bonds. The fourth-order valence-electron chi connectivity index (χ4n) is 2.44. The molecule has 19 heavy (non-hydrogen) atoms. The smallest absolute Gasteiger partial charge is 0.242 e. The molecule has 0 aromatic rings. The van der Waals surface area contributed by atoms with E-state index in [-0.39, 0.29) is 31.3 Å². The van der Waals surface area contributed by atoms with Crippen LogP contribution in [0, 0.1) is 0 Å². The Kier molecular flexibility index (Phi) is 4.71. The summed E-state index contributed by atoms with van der Waals surface area (Å²) in [6.07, 6.45) is -0.760. The van der Waals surface area contributed by atoms with Crippen LogP contribution in [-0.2, 0) is 14.3 Å². The summed E-state index contributed by atoms with van der Waals surface area (Å²) in [4.78, 5) is 27.2. The highest BCUT2D eigenvalue weighted by atomic mass is 19.1. The predicted octanol–water partition coefficient (Wildman–Crippen LogP) is -0.996. The molecule has 2 heterocycles. The summed E-state index contributed by atoms with van der Waals surface area (Å²) in [6, 6.07) is -0.478. The highest BCUT2D eigenvalue weighted by Gasteiger charge is 2.35. The zero-order valence-electron chi connectivity index (χ0n) is 11.1. The van der Waals surface area contributed by atoms with Gasteiger partial charge >= 0.3 is 0 Å². The average molecular weight is 273 g/mol. The zero-order valence-corrected chi connectivity index (χ0v) is 11.1. The number of carbonyl (C=O) groups is 2. The zero-order chi connectivity index (χ0) is 13.8. The monoisotopic (exact) mass is 273 g/mol. The van der Waals surface area contributed by atoms with Gasteiger partial charge in [-0.2, -0.15) is 0 Å². The molecule has 0 radical (unpaired) electrons. The summed E-state index contributed by atoms with van der Waals surface area (Å²) in [5, 5.41) is 2.85. The second kappa shape index (κ2) is 6.29. The van der Waals surface area contributed by atoms with Gasteiger partial charge in [0.25, 0.3) is 0 Å². The van der Waals surface area contributed by atoms with Crippen LogP contribution in [0.1, 0.15) is 6.42 Å². The van der Waals surface area contributed by atoms with E-state index in [0.29, 0.717) is 26.2 Å². The van der Waals surface area contributed by atoms with Gasteiger partial charge in [0, 0.05) is 39.7 Å². The van der Waals surface area contributed by atoms with Crippen molar-refractivity contribution in [3.63, 3.8) is 0 Å². The molecule has 108 valence electrons. The molecule has 0 bridgehead atoms. The largest absolute Gasteiger partial charge is 0.383 e. The van der Waals surface area contributed by atoms with Crippen molar-refractivity contribution in [2.45, 2.75) is 18.6 Å². The lowest BCUT2D eigenvalue weighted by atomic mass is 10.1. The van der Waals surface area contributed by atoms with Gasteiger partial charge in [-0.3, -0.25) is 9.59 Å². The van der Waals surface area contributed by atoms with Gasteiger partial charge in [0.1, 0.15) is 6.17 Å². The highest BCUT2D eigenvalue weighted by molar-refractivity contribution is 5.88. The number of hydrogen-bond donors (Lipinski definition) is 1. The standard InChI is InChI=1S/C12H20FN3O3/c1-19-5-4-15-2-3-16(8-11(15)17)12(18)10-6-9(13)7-14-10/h9-10,14H,2-8H2,1H3/t9-,10+/m0/s1. The number of nitrogens with one attached hydrogen (secondary N) is 1. The fraction of sp³-hybridized carbons (Fsp3) is 0.833. The Balaban J connectivity index is 1.84. The Hall–Kier alpha value is -1.21. The van der Waals surface area contributed by atoms with Crippen molar-refractivity contribution in [3.8, 4) is 0 Å². The van der Waals surface area contributed by atoms with Gasteiger partial charge in [-0.15, -0.1) is 0 Å². The van der Waals surface area contributed by atoms with E-state index in [2.05, 4.69) is 5.32 Å². The summed E-state index contributed by atoms with van der Waals surface area (Å²) in [5.41, 5.74) is 0. The minimum atomic E-state index is -0.965. The number of amides is 2. The maximum atomic E-state index is 13.1. The third-order valence-corrected chi connectivity index (χ3v) is 3.57. The first-order valence-electron chi connectivity index (χ1n) is 6.54. The van der Waals surface area contributed by atoms with Gasteiger partial charge in [0.2, 0.25) is 11.8 Å². The number of rotatable bonds is 4. The van der Waals surface area contributed by atoms with Crippen molar-refractivity contribution in [1.29, 1.82) is 0 Å². The van der Waals surface area contributed by atoms with Crippen molar-refractivity contribution in [1.82, 2.24) is 15.1 Å². The third kappa shape index (κ3) is 3.42. The van der Waals surface area contributed by atoms with Crippen molar-refractivity contribution < 1.29 is 18.7 Å². The van der Waals surface area contributed by atoms with Gasteiger partial charge in [-0.05, 0) is 0 Å². The van der Waals surface area contributed by atoms with Crippen LogP contribution in [0.25, 0.3) is 0 Å². The number of carbonyl (C=O) groups excluding carboxylic acids is 2. The lowest BCUT2D eigenvalue weighted by Gasteiger charge is -2.35. The van der Waals surface area contributed by atoms with Crippen molar-refractivity contribution in [2.75, 3.05) is 46.4 Å². The average Bonchev–Trinajstić information content (AvgIpc) is 2.83. The molecule has 6 nitrogen and oxygen atoms in total. The summed E-state index contributed by atoms with van der Waals surface area (Å²) in [5.74, 6) is -0.244. The maximum Gasteiger partial charge on any atom is 0.242 e. The van der Waals surface area contributed by atoms with Gasteiger partial charge in [-0.1, -0.05) is 0 Å². The Labute approximate surface area is 111 Å². The first kappa shape index (κ1) is 14.2. The molecular weight excluding hydrogens is 253 g/mol. The molecule has 0 saturated carbocycles. The second-order valence-electron chi connectivity index (χ2n) is 4.93. The van der Waals surface area contributed by atoms with E-state index in [1.54, 1.807) is 12.0 Å². The molecule has 2 aliphatic heterocycles. The van der Waals surface area contributed by atoms with Crippen LogP contribution < -0.4 is 5.32 Å². The van der Waals surface area contributed by atoms with Gasteiger partial charge in [0.15, 0.2) is 0 Å². The van der Waals surface area contributed by atoms with Crippen LogP contribution in [0.4, 0.5) is 4.39 Å². The summed E-state index contributed by atoms with van der Waals surface area (Å²) in [7, 11) is 1.59. The number of alkyl halides is 1. The number of hydrogen-bond acceptors (Lipinski definition) is 4. The first-order chi connectivity index (χ1) is 9.11. The SMILES string of the molecule is COCCN1CCN(C(=O)[C@H]2C[C@H](F)CN2)CC1=O. The molecule has 1 N–H and O–H groups in total. The first-order valence-corrected chi connectivity index (χ1v) is 6.54. The Morgan fingerprint density at radius 3 is 2.89 bits per heavy atom. The molecule has 2 aliphatic rings. The molecule has 0 aliphatic carbocycles. The molecule has 7 heteroatoms. The molecule has 0 spiro atoms. The van der Waals surface area contributed by atoms with E-state index in [1.807, 2.05) is 0 Å². The van der Waals surface area contributed by atoms with Crippen LogP contribution in [0.3, 0.4) is 0 Å². The molecule has 2 saturated heterocycles. The van der Waals surface area contributed by atoms with Crippen LogP contribution in [0.15, 0.2) is 0 Å². The van der Waals surface area contributed by atoms with E-state index in [4.69, 9.17) is 4.74 Å². The molecule has 0 aromatic carbocycles. The van der Waals surface area contributed by atoms with Gasteiger partial charge < -0.3 is 19.9 Å². The van der Waals surface area contributed by atoms with Gasteiger partial charge in [0.05, 0.1) is 19.2 Å². The summed E-state index contributed by atoms with van der Waals surface area (Å²) >= 11 is 0. The van der Waals surface area contributed by atoms with Crippen LogP contribution in [0.2, 0.25) is 0 Å². The van der Waals surface area contributed by atoms with E-state index in [0.717, 1.165) is 0 Å². The molecule has 0 unspecified atom stereocenters. The number of methoxy groups -OCH3 is 1. The Morgan fingerprint density at radius 1 is 1.53 bits per heavy atom. The van der Waals surface area contributed by atoms with Crippen molar-refractivity contribution in [3.05, 3.63) is 0 Å². The minimum absolute atomic E-state index is 0.0774. The van der Waals surface area contributed by atoms with E-state index < -0.39 is 12.2 Å². The predicted molar refractivity (Wildman–Crippen MR) is 66.3 cm³/mol. The lowest BCUT2D eigenvalue weighted by molar-refractivity contribution is -0.146. The topological polar surface area (TPSA) is 61.9 Å². The van der Waals surface area contributed by atoms with Gasteiger partial charge in [-0.25, -0.2) is 4.39 Å². The Morgan fingerprint density at radius 2 is 2.32 bits per heavy atom. The van der Waals surface area contributed by atoms with Crippen LogP contribution >= 0.6 is 0 Å². The maximum absolute atomic E-state index is 13.1. The molecule has 0 aromatic heterocycles. The van der Waals surface area contributed by atoms with Crippen molar-refractivity contribution >= 4 is 11.8 Å². The number of piperazine rings is 1. The number of nitrogens with zero attached hydrogens (tertiary/aromatic N) is 2. The highest BCUT2D eigenvalue weighted by Crippen LogP contribution is 2.14. The number of ether oxygens (including phenoxy) is 1. The minimum Gasteiger partial charge on any atom is -0.383 e. The van der Waals surface area contributed by atoms with Crippen LogP contribution in [-0.4, -0.2) is 80.3 Å².